The number of carbonyl (C=O) groups is 1. The molecule has 4 rings (SSSR count). The Hall–Kier alpha value is -1.42. The van der Waals surface area contributed by atoms with E-state index in [1.54, 1.807) is 19.2 Å². The predicted octanol–water partition coefficient (Wildman–Crippen LogP) is 2.62. The number of nitrogens with one attached hydrogen (secondary N) is 1. The molecule has 0 atom stereocenters. The monoisotopic (exact) mass is 530 g/mol. The van der Waals surface area contributed by atoms with Gasteiger partial charge in [0.2, 0.25) is 5.91 Å². The van der Waals surface area contributed by atoms with Gasteiger partial charge in [-0.2, -0.15) is 0 Å². The molecule has 1 aromatic rings. The smallest absolute Gasteiger partial charge is 0.225 e. The third kappa shape index (κ3) is 5.25. The first-order valence-electron chi connectivity index (χ1n) is 10.7. The van der Waals surface area contributed by atoms with Gasteiger partial charge in [-0.25, -0.2) is 4.39 Å². The zero-order chi connectivity index (χ0) is 20.3. The van der Waals surface area contributed by atoms with Crippen molar-refractivity contribution in [3.63, 3.8) is 0 Å². The molecular weight excluding hydrogens is 498 g/mol. The highest BCUT2D eigenvalue weighted by molar-refractivity contribution is 14.0. The van der Waals surface area contributed by atoms with Crippen LogP contribution in [-0.2, 0) is 14.9 Å². The minimum atomic E-state index is -0.176. The van der Waals surface area contributed by atoms with Crippen LogP contribution >= 0.6 is 24.0 Å². The Kier molecular flexibility index (Phi) is 7.95. The van der Waals surface area contributed by atoms with Crippen LogP contribution in [0.2, 0.25) is 0 Å². The van der Waals surface area contributed by atoms with Crippen molar-refractivity contribution >= 4 is 35.8 Å². The SMILES string of the molecule is CN=C(NCC1(c2cccc(F)c2)CC1)N1CCC(C(=O)N2CCOCC2)CC1.I. The molecule has 8 heteroatoms. The maximum absolute atomic E-state index is 13.6. The van der Waals surface area contributed by atoms with Crippen LogP contribution in [0.3, 0.4) is 0 Å². The number of benzene rings is 1. The van der Waals surface area contributed by atoms with Crippen LogP contribution in [0.1, 0.15) is 31.2 Å². The third-order valence-electron chi connectivity index (χ3n) is 6.55. The van der Waals surface area contributed by atoms with Crippen molar-refractivity contribution in [1.29, 1.82) is 0 Å². The Morgan fingerprint density at radius 2 is 1.90 bits per heavy atom. The molecule has 3 fully saturated rings. The second-order valence-corrected chi connectivity index (χ2v) is 8.39. The van der Waals surface area contributed by atoms with Crippen LogP contribution < -0.4 is 5.32 Å². The fraction of sp³-hybridized carbons (Fsp3) is 0.636. The van der Waals surface area contributed by atoms with Gasteiger partial charge < -0.3 is 19.9 Å². The number of morpholine rings is 1. The van der Waals surface area contributed by atoms with E-state index >= 15 is 0 Å². The van der Waals surface area contributed by atoms with Gasteiger partial charge in [-0.05, 0) is 43.4 Å². The lowest BCUT2D eigenvalue weighted by atomic mass is 9.95. The number of likely N-dealkylation sites (tertiary alicyclic amines) is 1. The number of carbonyl (C=O) groups excluding carboxylic acids is 1. The largest absolute Gasteiger partial charge is 0.378 e. The lowest BCUT2D eigenvalue weighted by Crippen LogP contribution is -2.50. The number of rotatable bonds is 4. The predicted molar refractivity (Wildman–Crippen MR) is 126 cm³/mol. The van der Waals surface area contributed by atoms with Gasteiger partial charge in [0.25, 0.3) is 0 Å². The number of ether oxygens (including phenoxy) is 1. The van der Waals surface area contributed by atoms with E-state index in [1.807, 2.05) is 11.0 Å². The Morgan fingerprint density at radius 1 is 1.20 bits per heavy atom. The van der Waals surface area contributed by atoms with Crippen LogP contribution in [0.15, 0.2) is 29.3 Å². The molecule has 1 aromatic carbocycles. The first kappa shape index (κ1) is 23.2. The fourth-order valence-electron chi connectivity index (χ4n) is 4.50. The first-order valence-corrected chi connectivity index (χ1v) is 10.7. The van der Waals surface area contributed by atoms with Gasteiger partial charge in [0, 0.05) is 51.1 Å². The summed E-state index contributed by atoms with van der Waals surface area (Å²) in [4.78, 5) is 21.4. The minimum Gasteiger partial charge on any atom is -0.378 e. The summed E-state index contributed by atoms with van der Waals surface area (Å²) in [5.41, 5.74) is 1.08. The maximum atomic E-state index is 13.6. The molecule has 30 heavy (non-hydrogen) atoms. The number of piperidine rings is 1. The molecule has 0 bridgehead atoms. The number of aliphatic imine (C=N–C) groups is 1. The molecule has 0 unspecified atom stereocenters. The third-order valence-corrected chi connectivity index (χ3v) is 6.55. The normalized spacial score (nSPS) is 21.7. The van der Waals surface area contributed by atoms with Crippen LogP contribution in [0, 0.1) is 11.7 Å². The van der Waals surface area contributed by atoms with E-state index in [9.17, 15) is 9.18 Å². The van der Waals surface area contributed by atoms with Crippen molar-refractivity contribution in [3.8, 4) is 0 Å². The Morgan fingerprint density at radius 3 is 2.50 bits per heavy atom. The van der Waals surface area contributed by atoms with Crippen LogP contribution in [0.4, 0.5) is 4.39 Å². The molecule has 2 aliphatic heterocycles. The highest BCUT2D eigenvalue weighted by atomic mass is 127. The van der Waals surface area contributed by atoms with E-state index in [0.717, 1.165) is 56.8 Å². The summed E-state index contributed by atoms with van der Waals surface area (Å²) in [6.07, 6.45) is 3.84. The number of hydrogen-bond acceptors (Lipinski definition) is 3. The van der Waals surface area contributed by atoms with Gasteiger partial charge in [0.1, 0.15) is 5.82 Å². The molecule has 1 amide bonds. The summed E-state index contributed by atoms with van der Waals surface area (Å²) >= 11 is 0. The fourth-order valence-corrected chi connectivity index (χ4v) is 4.50. The minimum absolute atomic E-state index is 0. The van der Waals surface area contributed by atoms with Crippen LogP contribution in [0.25, 0.3) is 0 Å². The van der Waals surface area contributed by atoms with E-state index in [1.165, 1.54) is 6.07 Å². The summed E-state index contributed by atoms with van der Waals surface area (Å²) in [6.45, 7) is 5.13. The van der Waals surface area contributed by atoms with Gasteiger partial charge in [-0.3, -0.25) is 9.79 Å². The molecule has 3 aliphatic rings. The summed E-state index contributed by atoms with van der Waals surface area (Å²) in [7, 11) is 1.80. The van der Waals surface area contributed by atoms with Crippen molar-refractivity contribution in [1.82, 2.24) is 15.1 Å². The van der Waals surface area contributed by atoms with Gasteiger partial charge in [0.15, 0.2) is 5.96 Å². The van der Waals surface area contributed by atoms with Crippen molar-refractivity contribution in [2.75, 3.05) is 53.0 Å². The topological polar surface area (TPSA) is 57.2 Å². The maximum Gasteiger partial charge on any atom is 0.225 e. The van der Waals surface area contributed by atoms with Gasteiger partial charge in [-0.1, -0.05) is 12.1 Å². The summed E-state index contributed by atoms with van der Waals surface area (Å²) < 4.78 is 19.0. The molecule has 2 saturated heterocycles. The highest BCUT2D eigenvalue weighted by Gasteiger charge is 2.44. The van der Waals surface area contributed by atoms with E-state index in [-0.39, 0.29) is 47.0 Å². The summed E-state index contributed by atoms with van der Waals surface area (Å²) in [5, 5.41) is 3.51. The van der Waals surface area contributed by atoms with Crippen molar-refractivity contribution in [3.05, 3.63) is 35.6 Å². The molecule has 0 spiro atoms. The van der Waals surface area contributed by atoms with E-state index in [2.05, 4.69) is 15.2 Å². The van der Waals surface area contributed by atoms with Gasteiger partial charge in [0.05, 0.1) is 13.2 Å². The molecule has 0 radical (unpaired) electrons. The van der Waals surface area contributed by atoms with Crippen LogP contribution in [-0.4, -0.2) is 74.7 Å². The van der Waals surface area contributed by atoms with E-state index < -0.39 is 0 Å². The average molecular weight is 530 g/mol. The highest BCUT2D eigenvalue weighted by Crippen LogP contribution is 2.47. The molecule has 2 heterocycles. The second kappa shape index (κ2) is 10.3. The lowest BCUT2D eigenvalue weighted by molar-refractivity contribution is -0.140. The molecule has 1 aliphatic carbocycles. The number of halogens is 2. The van der Waals surface area contributed by atoms with Gasteiger partial charge >= 0.3 is 0 Å². The molecular formula is C22H32FIN4O2. The Labute approximate surface area is 195 Å². The molecule has 166 valence electrons. The quantitative estimate of drug-likeness (QED) is 0.370. The van der Waals surface area contributed by atoms with Crippen molar-refractivity contribution in [2.24, 2.45) is 10.9 Å². The van der Waals surface area contributed by atoms with Crippen LogP contribution in [0.5, 0.6) is 0 Å². The molecule has 6 nitrogen and oxygen atoms in total. The van der Waals surface area contributed by atoms with E-state index in [0.29, 0.717) is 26.3 Å². The van der Waals surface area contributed by atoms with Crippen molar-refractivity contribution < 1.29 is 13.9 Å². The molecule has 1 saturated carbocycles. The van der Waals surface area contributed by atoms with Crippen molar-refractivity contribution in [2.45, 2.75) is 31.1 Å². The second-order valence-electron chi connectivity index (χ2n) is 8.39. The number of amides is 1. The zero-order valence-corrected chi connectivity index (χ0v) is 19.9. The standard InChI is InChI=1S/C22H31FN4O2.HI/c1-24-21(25-16-22(7-8-22)18-3-2-4-19(23)15-18)27-9-5-17(6-10-27)20(28)26-11-13-29-14-12-26;/h2-4,15,17H,5-14,16H2,1H3,(H,24,25);1H. The molecule has 0 aromatic heterocycles. The Balaban J connectivity index is 0.00000256. The number of nitrogens with zero attached hydrogens (tertiary/aromatic N) is 3. The summed E-state index contributed by atoms with van der Waals surface area (Å²) in [6, 6.07) is 6.95. The van der Waals surface area contributed by atoms with E-state index in [4.69, 9.17) is 4.74 Å². The summed E-state index contributed by atoms with van der Waals surface area (Å²) in [5.74, 6) is 1.08. The lowest BCUT2D eigenvalue weighted by Gasteiger charge is -2.37. The van der Waals surface area contributed by atoms with Gasteiger partial charge in [-0.15, -0.1) is 24.0 Å². The number of hydrogen-bond donors (Lipinski definition) is 1. The Bertz CT molecular complexity index is 757. The average Bonchev–Trinajstić information content (AvgIpc) is 3.56. The first-order chi connectivity index (χ1) is 14.1. The number of guanidine groups is 1. The zero-order valence-electron chi connectivity index (χ0n) is 17.6. The molecule has 1 N–H and O–H groups in total.